The van der Waals surface area contributed by atoms with Crippen molar-refractivity contribution in [1.29, 1.82) is 0 Å². The highest BCUT2D eigenvalue weighted by atomic mass is 16.5. The smallest absolute Gasteiger partial charge is 0.247 e. The van der Waals surface area contributed by atoms with E-state index < -0.39 is 0 Å². The molecule has 3 unspecified atom stereocenters. The minimum Gasteiger partial charge on any atom is -0.497 e. The van der Waals surface area contributed by atoms with Crippen LogP contribution < -0.4 is 20.7 Å². The van der Waals surface area contributed by atoms with Crippen LogP contribution in [0.4, 0.5) is 0 Å². The third kappa shape index (κ3) is 5.88. The lowest BCUT2D eigenvalue weighted by Gasteiger charge is -2.40. The average molecular weight is 496 g/mol. The Labute approximate surface area is 212 Å². The van der Waals surface area contributed by atoms with Crippen LogP contribution in [0.3, 0.4) is 0 Å². The summed E-state index contributed by atoms with van der Waals surface area (Å²) in [6.07, 6.45) is 10.0. The van der Waals surface area contributed by atoms with E-state index in [0.29, 0.717) is 24.2 Å². The highest BCUT2D eigenvalue weighted by molar-refractivity contribution is 5.80. The van der Waals surface area contributed by atoms with E-state index in [2.05, 4.69) is 26.1 Å². The highest BCUT2D eigenvalue weighted by Gasteiger charge is 2.37. The summed E-state index contributed by atoms with van der Waals surface area (Å²) < 4.78 is 11.3. The van der Waals surface area contributed by atoms with Gasteiger partial charge in [0.15, 0.2) is 0 Å². The van der Waals surface area contributed by atoms with Crippen molar-refractivity contribution in [3.63, 3.8) is 0 Å². The molecule has 5 rings (SSSR count). The largest absolute Gasteiger partial charge is 0.497 e. The van der Waals surface area contributed by atoms with Crippen LogP contribution in [-0.2, 0) is 9.59 Å². The molecule has 2 saturated carbocycles. The van der Waals surface area contributed by atoms with E-state index in [4.69, 9.17) is 9.15 Å². The number of benzene rings is 1. The standard InChI is InChI=1S/C27H37N5O4/c1-35-20-7-4-6-18(16-20)27-32-31-26(36-27)17-12-14-19(15-13-17)28-24(33)11-5-10-23-29-22-9-3-2-8-21(22)25(34)30-23/h4,6-7,16-17,19,21-23,29H,2-3,5,8-15H2,1H3,(H,28,33)(H,30,34). The SMILES string of the molecule is COc1cccc(-c2nnc(C3CCC(NC(=O)CCCC4NC(=O)C5CCCCC5N4)CC3)o2)c1. The van der Waals surface area contributed by atoms with E-state index >= 15 is 0 Å². The fourth-order valence-corrected chi connectivity index (χ4v) is 5.90. The summed E-state index contributed by atoms with van der Waals surface area (Å²) in [7, 11) is 1.63. The van der Waals surface area contributed by atoms with Crippen LogP contribution in [0.5, 0.6) is 5.75 Å². The minimum atomic E-state index is -0.0173. The maximum atomic E-state index is 12.5. The number of hydrogen-bond donors (Lipinski definition) is 3. The van der Waals surface area contributed by atoms with Gasteiger partial charge in [-0.2, -0.15) is 0 Å². The van der Waals surface area contributed by atoms with Gasteiger partial charge in [-0.15, -0.1) is 10.2 Å². The Balaban J connectivity index is 1.02. The number of rotatable bonds is 8. The van der Waals surface area contributed by atoms with Gasteiger partial charge in [-0.25, -0.2) is 0 Å². The molecular weight excluding hydrogens is 458 g/mol. The molecule has 194 valence electrons. The minimum absolute atomic E-state index is 0.0173. The summed E-state index contributed by atoms with van der Waals surface area (Å²) >= 11 is 0. The Morgan fingerprint density at radius 2 is 1.97 bits per heavy atom. The summed E-state index contributed by atoms with van der Waals surface area (Å²) in [6, 6.07) is 8.08. The maximum absolute atomic E-state index is 12.5. The van der Waals surface area contributed by atoms with Gasteiger partial charge in [-0.1, -0.05) is 18.9 Å². The van der Waals surface area contributed by atoms with Crippen molar-refractivity contribution in [3.8, 4) is 17.2 Å². The van der Waals surface area contributed by atoms with Crippen molar-refractivity contribution in [2.45, 2.75) is 94.8 Å². The number of hydrogen-bond acceptors (Lipinski definition) is 7. The number of fused-ring (bicyclic) bond motifs is 1. The predicted octanol–water partition coefficient (Wildman–Crippen LogP) is 3.66. The van der Waals surface area contributed by atoms with E-state index in [9.17, 15) is 9.59 Å². The molecule has 36 heavy (non-hydrogen) atoms. The molecule has 2 heterocycles. The first-order chi connectivity index (χ1) is 17.6. The van der Waals surface area contributed by atoms with Gasteiger partial charge in [0, 0.05) is 30.0 Å². The van der Waals surface area contributed by atoms with E-state index in [-0.39, 0.29) is 35.9 Å². The van der Waals surface area contributed by atoms with Gasteiger partial charge < -0.3 is 19.8 Å². The van der Waals surface area contributed by atoms with Gasteiger partial charge in [0.05, 0.1) is 19.2 Å². The molecule has 1 aromatic heterocycles. The molecule has 3 aliphatic rings. The summed E-state index contributed by atoms with van der Waals surface area (Å²) in [5.74, 6) is 2.53. The van der Waals surface area contributed by atoms with Crippen LogP contribution in [-0.4, -0.2) is 47.4 Å². The lowest BCUT2D eigenvalue weighted by molar-refractivity contribution is -0.130. The van der Waals surface area contributed by atoms with Gasteiger partial charge in [-0.3, -0.25) is 14.9 Å². The van der Waals surface area contributed by atoms with Crippen molar-refractivity contribution in [1.82, 2.24) is 26.1 Å². The molecule has 0 spiro atoms. The molecule has 3 N–H and O–H groups in total. The fourth-order valence-electron chi connectivity index (χ4n) is 5.90. The first-order valence-electron chi connectivity index (χ1n) is 13.4. The van der Waals surface area contributed by atoms with Gasteiger partial charge in [0.1, 0.15) is 5.75 Å². The summed E-state index contributed by atoms with van der Waals surface area (Å²) in [4.78, 5) is 24.9. The van der Waals surface area contributed by atoms with Crippen molar-refractivity contribution >= 4 is 11.8 Å². The first-order valence-corrected chi connectivity index (χ1v) is 13.4. The van der Waals surface area contributed by atoms with Crippen LogP contribution in [0, 0.1) is 5.92 Å². The first kappa shape index (κ1) is 24.7. The van der Waals surface area contributed by atoms with E-state index in [0.717, 1.165) is 69.1 Å². The van der Waals surface area contributed by atoms with Crippen molar-refractivity contribution in [3.05, 3.63) is 30.2 Å². The number of carbonyl (C=O) groups excluding carboxylic acids is 2. The van der Waals surface area contributed by atoms with Gasteiger partial charge in [-0.05, 0) is 69.6 Å². The molecule has 2 amide bonds. The van der Waals surface area contributed by atoms with Gasteiger partial charge >= 0.3 is 0 Å². The summed E-state index contributed by atoms with van der Waals surface area (Å²) in [6.45, 7) is 0. The van der Waals surface area contributed by atoms with Crippen molar-refractivity contribution < 1.29 is 18.7 Å². The lowest BCUT2D eigenvalue weighted by atomic mass is 9.82. The second kappa shape index (κ2) is 11.4. The van der Waals surface area contributed by atoms with Gasteiger partial charge in [0.25, 0.3) is 0 Å². The highest BCUT2D eigenvalue weighted by Crippen LogP contribution is 2.34. The quantitative estimate of drug-likeness (QED) is 0.511. The Morgan fingerprint density at radius 1 is 1.14 bits per heavy atom. The Morgan fingerprint density at radius 3 is 2.81 bits per heavy atom. The number of ether oxygens (including phenoxy) is 1. The molecule has 9 nitrogen and oxygen atoms in total. The predicted molar refractivity (Wildman–Crippen MR) is 134 cm³/mol. The number of nitrogens with zero attached hydrogens (tertiary/aromatic N) is 2. The molecule has 3 fully saturated rings. The average Bonchev–Trinajstić information content (AvgIpc) is 3.40. The molecule has 1 aromatic carbocycles. The molecule has 0 bridgehead atoms. The fraction of sp³-hybridized carbons (Fsp3) is 0.630. The number of aromatic nitrogens is 2. The number of methoxy groups -OCH3 is 1. The van der Waals surface area contributed by atoms with Crippen LogP contribution in [0.25, 0.3) is 11.5 Å². The van der Waals surface area contributed by atoms with Crippen LogP contribution in [0.2, 0.25) is 0 Å². The Bertz CT molecular complexity index is 1050. The molecule has 9 heteroatoms. The third-order valence-electron chi connectivity index (χ3n) is 7.93. The third-order valence-corrected chi connectivity index (χ3v) is 7.93. The molecule has 2 aromatic rings. The topological polar surface area (TPSA) is 118 Å². The van der Waals surface area contributed by atoms with Gasteiger partial charge in [0.2, 0.25) is 23.6 Å². The van der Waals surface area contributed by atoms with E-state index in [1.54, 1.807) is 7.11 Å². The Kier molecular flexibility index (Phi) is 7.84. The van der Waals surface area contributed by atoms with Crippen LogP contribution in [0.15, 0.2) is 28.7 Å². The zero-order valence-electron chi connectivity index (χ0n) is 21.0. The molecule has 3 atom stereocenters. The summed E-state index contributed by atoms with van der Waals surface area (Å²) in [5.41, 5.74) is 0.843. The molecular formula is C27H37N5O4. The Hall–Kier alpha value is -2.94. The summed E-state index contributed by atoms with van der Waals surface area (Å²) in [5, 5.41) is 18.4. The van der Waals surface area contributed by atoms with Crippen LogP contribution >= 0.6 is 0 Å². The van der Waals surface area contributed by atoms with E-state index in [1.165, 1.54) is 6.42 Å². The lowest BCUT2D eigenvalue weighted by Crippen LogP contribution is -2.62. The molecule has 2 aliphatic carbocycles. The number of nitrogens with one attached hydrogen (secondary N) is 3. The molecule has 0 radical (unpaired) electrons. The second-order valence-corrected chi connectivity index (χ2v) is 10.4. The van der Waals surface area contributed by atoms with Crippen LogP contribution in [0.1, 0.15) is 82.4 Å². The number of carbonyl (C=O) groups is 2. The van der Waals surface area contributed by atoms with Crippen molar-refractivity contribution in [2.75, 3.05) is 7.11 Å². The normalized spacial score (nSPS) is 28.1. The zero-order chi connectivity index (χ0) is 24.9. The number of amides is 2. The molecule has 1 aliphatic heterocycles. The van der Waals surface area contributed by atoms with E-state index in [1.807, 2.05) is 24.3 Å². The molecule has 1 saturated heterocycles. The maximum Gasteiger partial charge on any atom is 0.247 e. The second-order valence-electron chi connectivity index (χ2n) is 10.4. The monoisotopic (exact) mass is 495 g/mol. The van der Waals surface area contributed by atoms with Crippen molar-refractivity contribution in [2.24, 2.45) is 5.92 Å². The zero-order valence-corrected chi connectivity index (χ0v) is 21.0.